The predicted molar refractivity (Wildman–Crippen MR) is 132 cm³/mol. The molecule has 0 spiro atoms. The summed E-state index contributed by atoms with van der Waals surface area (Å²) in [6.07, 6.45) is 2.25. The van der Waals surface area contributed by atoms with E-state index in [0.29, 0.717) is 5.92 Å². The number of nitrogens with one attached hydrogen (secondary N) is 2. The van der Waals surface area contributed by atoms with Gasteiger partial charge < -0.3 is 20.4 Å². The molecule has 0 aliphatic carbocycles. The van der Waals surface area contributed by atoms with Crippen molar-refractivity contribution in [3.8, 4) is 0 Å². The average molecular weight is 422 g/mol. The number of likely N-dealkylation sites (N-methyl/N-ethyl adjacent to an activating group) is 1. The van der Waals surface area contributed by atoms with Gasteiger partial charge in [0.25, 0.3) is 0 Å². The lowest BCUT2D eigenvalue weighted by atomic mass is 9.92. The van der Waals surface area contributed by atoms with Crippen molar-refractivity contribution < 1.29 is 0 Å². The molecule has 2 aromatic rings. The highest BCUT2D eigenvalue weighted by Crippen LogP contribution is 2.21. The van der Waals surface area contributed by atoms with Crippen LogP contribution in [-0.2, 0) is 6.42 Å². The van der Waals surface area contributed by atoms with E-state index in [2.05, 4.69) is 95.1 Å². The summed E-state index contributed by atoms with van der Waals surface area (Å²) in [4.78, 5) is 9.95. The van der Waals surface area contributed by atoms with Gasteiger partial charge in [0.05, 0.1) is 0 Å². The van der Waals surface area contributed by atoms with Crippen LogP contribution in [0.5, 0.6) is 0 Å². The Morgan fingerprint density at radius 1 is 0.935 bits per heavy atom. The Morgan fingerprint density at radius 3 is 2.42 bits per heavy atom. The second kappa shape index (κ2) is 13.1. The molecular formula is C26H39N5. The first-order valence-electron chi connectivity index (χ1n) is 11.8. The number of benzene rings is 2. The largest absolute Gasteiger partial charge is 0.357 e. The number of nitrogens with zero attached hydrogens (tertiary/aromatic N) is 3. The van der Waals surface area contributed by atoms with Gasteiger partial charge in [-0.1, -0.05) is 60.7 Å². The Labute approximate surface area is 188 Å². The van der Waals surface area contributed by atoms with Crippen molar-refractivity contribution in [2.45, 2.75) is 25.7 Å². The minimum absolute atomic E-state index is 0.361. The van der Waals surface area contributed by atoms with Crippen LogP contribution in [0.2, 0.25) is 0 Å². The Kier molecular flexibility index (Phi) is 9.87. The quantitative estimate of drug-likeness (QED) is 0.482. The monoisotopic (exact) mass is 421 g/mol. The van der Waals surface area contributed by atoms with Crippen LogP contribution in [0, 0.1) is 0 Å². The molecule has 1 aliphatic rings. The highest BCUT2D eigenvalue weighted by molar-refractivity contribution is 5.79. The molecule has 1 unspecified atom stereocenters. The van der Waals surface area contributed by atoms with Crippen LogP contribution in [0.15, 0.2) is 65.7 Å². The maximum absolute atomic E-state index is 4.97. The smallest absolute Gasteiger partial charge is 0.191 e. The number of rotatable bonds is 9. The molecule has 0 bridgehead atoms. The average Bonchev–Trinajstić information content (AvgIpc) is 3.01. The van der Waals surface area contributed by atoms with Crippen molar-refractivity contribution in [2.24, 2.45) is 4.99 Å². The van der Waals surface area contributed by atoms with E-state index in [4.69, 9.17) is 4.99 Å². The molecule has 2 aromatic carbocycles. The summed E-state index contributed by atoms with van der Waals surface area (Å²) in [5.41, 5.74) is 2.70. The number of guanidine groups is 1. The molecule has 31 heavy (non-hydrogen) atoms. The van der Waals surface area contributed by atoms with E-state index in [0.717, 1.165) is 51.6 Å². The van der Waals surface area contributed by atoms with Gasteiger partial charge >= 0.3 is 0 Å². The molecule has 1 saturated heterocycles. The molecule has 1 atom stereocenters. The summed E-state index contributed by atoms with van der Waals surface area (Å²) in [6.45, 7) is 10.4. The highest BCUT2D eigenvalue weighted by Gasteiger charge is 2.14. The standard InChI is InChI=1S/C26H39N5/c1-3-27-26(28-15-18-31-17-10-16-30(2)19-20-31)29-22-25(24-13-8-5-9-14-24)21-23-11-6-4-7-12-23/h4-9,11-14,25H,3,10,15-22H2,1-2H3,(H2,27,28,29). The first-order chi connectivity index (χ1) is 15.2. The third-order valence-electron chi connectivity index (χ3n) is 5.94. The lowest BCUT2D eigenvalue weighted by Crippen LogP contribution is -2.42. The van der Waals surface area contributed by atoms with Gasteiger partial charge in [-0.25, -0.2) is 0 Å². The zero-order chi connectivity index (χ0) is 21.7. The van der Waals surface area contributed by atoms with Gasteiger partial charge in [0, 0.05) is 45.2 Å². The van der Waals surface area contributed by atoms with Crippen molar-refractivity contribution >= 4 is 5.96 Å². The van der Waals surface area contributed by atoms with Crippen LogP contribution < -0.4 is 10.6 Å². The lowest BCUT2D eigenvalue weighted by Gasteiger charge is -2.21. The maximum Gasteiger partial charge on any atom is 0.191 e. The van der Waals surface area contributed by atoms with E-state index in [1.165, 1.54) is 30.6 Å². The van der Waals surface area contributed by atoms with E-state index in [1.54, 1.807) is 0 Å². The fourth-order valence-electron chi connectivity index (χ4n) is 4.11. The van der Waals surface area contributed by atoms with Crippen molar-refractivity contribution in [1.82, 2.24) is 20.4 Å². The number of hydrogen-bond acceptors (Lipinski definition) is 3. The Hall–Kier alpha value is -2.37. The maximum atomic E-state index is 4.97. The summed E-state index contributed by atoms with van der Waals surface area (Å²) in [5, 5.41) is 6.98. The number of hydrogen-bond donors (Lipinski definition) is 2. The first-order valence-corrected chi connectivity index (χ1v) is 11.8. The molecule has 1 aliphatic heterocycles. The molecule has 168 valence electrons. The van der Waals surface area contributed by atoms with Crippen molar-refractivity contribution in [1.29, 1.82) is 0 Å². The van der Waals surface area contributed by atoms with Crippen LogP contribution in [0.25, 0.3) is 0 Å². The van der Waals surface area contributed by atoms with Gasteiger partial charge in [-0.15, -0.1) is 0 Å². The van der Waals surface area contributed by atoms with Crippen LogP contribution >= 0.6 is 0 Å². The summed E-state index contributed by atoms with van der Waals surface area (Å²) >= 11 is 0. The van der Waals surface area contributed by atoms with Gasteiger partial charge in [0.2, 0.25) is 0 Å². The molecule has 2 N–H and O–H groups in total. The Bertz CT molecular complexity index is 762. The van der Waals surface area contributed by atoms with Crippen molar-refractivity contribution in [3.63, 3.8) is 0 Å². The SMILES string of the molecule is CCNC(=NCC(Cc1ccccc1)c1ccccc1)NCCN1CCCN(C)CC1. The Morgan fingerprint density at radius 2 is 1.68 bits per heavy atom. The van der Waals surface area contributed by atoms with E-state index in [-0.39, 0.29) is 0 Å². The molecule has 0 aromatic heterocycles. The fraction of sp³-hybridized carbons (Fsp3) is 0.500. The minimum Gasteiger partial charge on any atom is -0.357 e. The number of aliphatic imine (C=N–C) groups is 1. The van der Waals surface area contributed by atoms with Gasteiger partial charge in [-0.05, 0) is 51.0 Å². The van der Waals surface area contributed by atoms with E-state index in [1.807, 2.05) is 0 Å². The summed E-state index contributed by atoms with van der Waals surface area (Å²) in [5.74, 6) is 1.28. The molecule has 1 heterocycles. The van der Waals surface area contributed by atoms with Crippen LogP contribution in [0.1, 0.15) is 30.4 Å². The van der Waals surface area contributed by atoms with E-state index >= 15 is 0 Å². The third-order valence-corrected chi connectivity index (χ3v) is 5.94. The van der Waals surface area contributed by atoms with Gasteiger partial charge in [-0.3, -0.25) is 4.99 Å². The first kappa shape index (κ1) is 23.3. The van der Waals surface area contributed by atoms with Crippen molar-refractivity contribution in [3.05, 3.63) is 71.8 Å². The molecule has 0 amide bonds. The van der Waals surface area contributed by atoms with Crippen LogP contribution in [0.3, 0.4) is 0 Å². The van der Waals surface area contributed by atoms with E-state index < -0.39 is 0 Å². The molecular weight excluding hydrogens is 382 g/mol. The molecule has 0 radical (unpaired) electrons. The molecule has 0 saturated carbocycles. The molecule has 1 fully saturated rings. The molecule has 5 nitrogen and oxygen atoms in total. The topological polar surface area (TPSA) is 42.9 Å². The zero-order valence-electron chi connectivity index (χ0n) is 19.3. The van der Waals surface area contributed by atoms with Gasteiger partial charge in [0.1, 0.15) is 0 Å². The van der Waals surface area contributed by atoms with E-state index in [9.17, 15) is 0 Å². The lowest BCUT2D eigenvalue weighted by molar-refractivity contribution is 0.280. The normalized spacial score (nSPS) is 17.2. The zero-order valence-corrected chi connectivity index (χ0v) is 19.3. The summed E-state index contributed by atoms with van der Waals surface area (Å²) in [7, 11) is 2.22. The Balaban J connectivity index is 1.58. The van der Waals surface area contributed by atoms with Gasteiger partial charge in [0.15, 0.2) is 5.96 Å². The second-order valence-electron chi connectivity index (χ2n) is 8.44. The highest BCUT2D eigenvalue weighted by atomic mass is 15.2. The predicted octanol–water partition coefficient (Wildman–Crippen LogP) is 3.21. The second-order valence-corrected chi connectivity index (χ2v) is 8.44. The summed E-state index contributed by atoms with van der Waals surface area (Å²) < 4.78 is 0. The van der Waals surface area contributed by atoms with Gasteiger partial charge in [-0.2, -0.15) is 0 Å². The van der Waals surface area contributed by atoms with Crippen LogP contribution in [0.4, 0.5) is 0 Å². The van der Waals surface area contributed by atoms with Crippen LogP contribution in [-0.4, -0.2) is 75.2 Å². The molecule has 3 rings (SSSR count). The molecule has 5 heteroatoms. The fourth-order valence-corrected chi connectivity index (χ4v) is 4.11. The van der Waals surface area contributed by atoms with Crippen molar-refractivity contribution in [2.75, 3.05) is 59.4 Å². The summed E-state index contributed by atoms with van der Waals surface area (Å²) in [6, 6.07) is 21.5. The minimum atomic E-state index is 0.361. The third kappa shape index (κ3) is 8.35.